The van der Waals surface area contributed by atoms with E-state index in [9.17, 15) is 9.59 Å². The fourth-order valence-corrected chi connectivity index (χ4v) is 6.61. The van der Waals surface area contributed by atoms with Gasteiger partial charge in [0.15, 0.2) is 0 Å². The minimum atomic E-state index is -0.362. The van der Waals surface area contributed by atoms with Crippen LogP contribution in [0.5, 0.6) is 0 Å². The number of amides is 2. The van der Waals surface area contributed by atoms with E-state index in [1.165, 1.54) is 4.88 Å². The lowest BCUT2D eigenvalue weighted by molar-refractivity contribution is -0.134. The standard InChI is InChI=1S/C31H24Cl2N2O3S/c32-23-9-10-25(27(33)17-23)30-26-12-15-39-28(26)11-13-35(30)29(36)19-34(18-24-6-3-14-38-24)31(37)22-8-7-20-4-1-2-5-21(20)16-22/h1-10,12,14-17,30H,11,13,18-19H2/t30-/m0/s1. The van der Waals surface area contributed by atoms with Crippen LogP contribution in [-0.4, -0.2) is 34.7 Å². The van der Waals surface area contributed by atoms with Crippen molar-refractivity contribution in [3.8, 4) is 0 Å². The normalized spacial score (nSPS) is 14.8. The summed E-state index contributed by atoms with van der Waals surface area (Å²) >= 11 is 14.5. The highest BCUT2D eigenvalue weighted by atomic mass is 35.5. The molecule has 2 aromatic heterocycles. The fourth-order valence-electron chi connectivity index (χ4n) is 5.19. The van der Waals surface area contributed by atoms with Crippen LogP contribution in [0.15, 0.2) is 94.9 Å². The number of carbonyl (C=O) groups is 2. The zero-order valence-corrected chi connectivity index (χ0v) is 23.2. The highest BCUT2D eigenvalue weighted by Crippen LogP contribution is 2.41. The van der Waals surface area contributed by atoms with E-state index in [4.69, 9.17) is 27.6 Å². The third-order valence-corrected chi connectivity index (χ3v) is 8.64. The van der Waals surface area contributed by atoms with E-state index in [-0.39, 0.29) is 30.9 Å². The van der Waals surface area contributed by atoms with Gasteiger partial charge < -0.3 is 14.2 Å². The topological polar surface area (TPSA) is 53.8 Å². The van der Waals surface area contributed by atoms with Crippen molar-refractivity contribution >= 4 is 57.1 Å². The van der Waals surface area contributed by atoms with Gasteiger partial charge in [0.1, 0.15) is 12.3 Å². The largest absolute Gasteiger partial charge is 0.467 e. The quantitative estimate of drug-likeness (QED) is 0.209. The number of nitrogens with zero attached hydrogens (tertiary/aromatic N) is 2. The number of rotatable bonds is 6. The van der Waals surface area contributed by atoms with E-state index in [0.29, 0.717) is 27.9 Å². The maximum Gasteiger partial charge on any atom is 0.254 e. The first-order chi connectivity index (χ1) is 19.0. The van der Waals surface area contributed by atoms with Crippen molar-refractivity contribution in [3.05, 3.63) is 128 Å². The molecule has 1 aliphatic rings. The average Bonchev–Trinajstić information content (AvgIpc) is 3.64. The van der Waals surface area contributed by atoms with E-state index in [0.717, 1.165) is 28.3 Å². The van der Waals surface area contributed by atoms with Crippen LogP contribution in [0.3, 0.4) is 0 Å². The molecular weight excluding hydrogens is 551 g/mol. The van der Waals surface area contributed by atoms with Gasteiger partial charge in [-0.25, -0.2) is 0 Å². The molecule has 0 aliphatic carbocycles. The Kier molecular flexibility index (Phi) is 7.17. The highest BCUT2D eigenvalue weighted by Gasteiger charge is 2.35. The van der Waals surface area contributed by atoms with E-state index in [1.807, 2.05) is 52.7 Å². The summed E-state index contributed by atoms with van der Waals surface area (Å²) in [6.07, 6.45) is 2.31. The molecule has 0 unspecified atom stereocenters. The summed E-state index contributed by atoms with van der Waals surface area (Å²) in [7, 11) is 0. The van der Waals surface area contributed by atoms with Gasteiger partial charge in [0.05, 0.1) is 18.8 Å². The average molecular weight is 576 g/mol. The zero-order chi connectivity index (χ0) is 26.9. The Morgan fingerprint density at radius 1 is 0.949 bits per heavy atom. The van der Waals surface area contributed by atoms with E-state index >= 15 is 0 Å². The van der Waals surface area contributed by atoms with Gasteiger partial charge in [0.25, 0.3) is 5.91 Å². The van der Waals surface area contributed by atoms with Crippen LogP contribution in [0.2, 0.25) is 10.0 Å². The Hall–Kier alpha value is -3.58. The summed E-state index contributed by atoms with van der Waals surface area (Å²) in [4.78, 5) is 32.4. The molecule has 0 spiro atoms. The number of halogens is 2. The van der Waals surface area contributed by atoms with E-state index < -0.39 is 0 Å². The molecule has 0 N–H and O–H groups in total. The predicted molar refractivity (Wildman–Crippen MR) is 155 cm³/mol. The monoisotopic (exact) mass is 574 g/mol. The number of furan rings is 1. The van der Waals surface area contributed by atoms with Crippen LogP contribution in [0, 0.1) is 0 Å². The molecule has 2 amide bonds. The van der Waals surface area contributed by atoms with Crippen molar-refractivity contribution in [2.45, 2.75) is 19.0 Å². The molecule has 6 rings (SSSR count). The van der Waals surface area contributed by atoms with Crippen LogP contribution in [0.25, 0.3) is 10.8 Å². The van der Waals surface area contributed by atoms with Crippen molar-refractivity contribution < 1.29 is 14.0 Å². The van der Waals surface area contributed by atoms with E-state index in [2.05, 4.69) is 6.07 Å². The number of fused-ring (bicyclic) bond motifs is 2. The zero-order valence-electron chi connectivity index (χ0n) is 20.8. The molecule has 0 bridgehead atoms. The molecule has 0 fully saturated rings. The maximum atomic E-state index is 14.0. The number of hydrogen-bond acceptors (Lipinski definition) is 4. The van der Waals surface area contributed by atoms with Gasteiger partial charge in [0, 0.05) is 27.0 Å². The Morgan fingerprint density at radius 3 is 2.59 bits per heavy atom. The Balaban J connectivity index is 1.33. The maximum absolute atomic E-state index is 14.0. The summed E-state index contributed by atoms with van der Waals surface area (Å²) in [5.74, 6) is 0.205. The smallest absolute Gasteiger partial charge is 0.254 e. The number of carbonyl (C=O) groups excluding carboxylic acids is 2. The van der Waals surface area contributed by atoms with Crippen LogP contribution < -0.4 is 0 Å². The van der Waals surface area contributed by atoms with Crippen molar-refractivity contribution in [3.63, 3.8) is 0 Å². The fraction of sp³-hybridized carbons (Fsp3) is 0.161. The molecular formula is C31H24Cl2N2O3S. The molecule has 5 aromatic rings. The van der Waals surface area contributed by atoms with Gasteiger partial charge in [0.2, 0.25) is 5.91 Å². The van der Waals surface area contributed by atoms with Crippen molar-refractivity contribution in [2.24, 2.45) is 0 Å². The minimum absolute atomic E-state index is 0.104. The molecule has 1 aliphatic heterocycles. The second-order valence-corrected chi connectivity index (χ2v) is 11.4. The molecule has 8 heteroatoms. The van der Waals surface area contributed by atoms with Gasteiger partial charge in [-0.15, -0.1) is 11.3 Å². The van der Waals surface area contributed by atoms with Gasteiger partial charge in [-0.05, 0) is 76.2 Å². The molecule has 3 heterocycles. The lowest BCUT2D eigenvalue weighted by atomic mass is 9.93. The highest BCUT2D eigenvalue weighted by molar-refractivity contribution is 7.10. The first kappa shape index (κ1) is 25.7. The number of thiophene rings is 1. The summed E-state index contributed by atoms with van der Waals surface area (Å²) in [5, 5.41) is 5.09. The number of hydrogen-bond donors (Lipinski definition) is 0. The third-order valence-electron chi connectivity index (χ3n) is 7.08. The summed E-state index contributed by atoms with van der Waals surface area (Å²) in [5.41, 5.74) is 2.39. The van der Waals surface area contributed by atoms with Gasteiger partial charge >= 0.3 is 0 Å². The van der Waals surface area contributed by atoms with Crippen LogP contribution in [-0.2, 0) is 17.8 Å². The lowest BCUT2D eigenvalue weighted by Gasteiger charge is -2.38. The summed E-state index contributed by atoms with van der Waals surface area (Å²) < 4.78 is 5.55. The predicted octanol–water partition coefficient (Wildman–Crippen LogP) is 7.62. The Labute approximate surface area is 240 Å². The molecule has 196 valence electrons. The molecule has 0 saturated heterocycles. The van der Waals surface area contributed by atoms with Gasteiger partial charge in [-0.1, -0.05) is 59.6 Å². The first-order valence-electron chi connectivity index (χ1n) is 12.6. The van der Waals surface area contributed by atoms with Crippen LogP contribution in [0.1, 0.15) is 38.2 Å². The van der Waals surface area contributed by atoms with Crippen molar-refractivity contribution in [1.82, 2.24) is 9.80 Å². The van der Waals surface area contributed by atoms with E-state index in [1.54, 1.807) is 52.8 Å². The Morgan fingerprint density at radius 2 is 1.79 bits per heavy atom. The molecule has 0 saturated carbocycles. The summed E-state index contributed by atoms with van der Waals surface area (Å²) in [6, 6.07) is 24.1. The summed E-state index contributed by atoms with van der Waals surface area (Å²) in [6.45, 7) is 0.594. The second kappa shape index (κ2) is 10.9. The number of benzene rings is 3. The van der Waals surface area contributed by atoms with Gasteiger partial charge in [-0.2, -0.15) is 0 Å². The SMILES string of the molecule is O=C(c1ccc2ccccc2c1)N(CC(=O)N1CCc2sccc2[C@@H]1c1ccc(Cl)cc1Cl)Cc1ccco1. The second-order valence-electron chi connectivity index (χ2n) is 9.51. The van der Waals surface area contributed by atoms with Crippen molar-refractivity contribution in [2.75, 3.05) is 13.1 Å². The molecule has 39 heavy (non-hydrogen) atoms. The minimum Gasteiger partial charge on any atom is -0.467 e. The van der Waals surface area contributed by atoms with Crippen LogP contribution in [0.4, 0.5) is 0 Å². The van der Waals surface area contributed by atoms with Crippen molar-refractivity contribution in [1.29, 1.82) is 0 Å². The third kappa shape index (κ3) is 5.20. The molecule has 1 atom stereocenters. The molecule has 0 radical (unpaired) electrons. The lowest BCUT2D eigenvalue weighted by Crippen LogP contribution is -2.46. The van der Waals surface area contributed by atoms with Gasteiger partial charge in [-0.3, -0.25) is 9.59 Å². The first-order valence-corrected chi connectivity index (χ1v) is 14.2. The Bertz CT molecular complexity index is 1660. The molecule has 3 aromatic carbocycles. The molecule has 5 nitrogen and oxygen atoms in total. The van der Waals surface area contributed by atoms with Crippen LogP contribution >= 0.6 is 34.5 Å².